The molecule has 3 nitrogen and oxygen atoms in total. The van der Waals surface area contributed by atoms with Gasteiger partial charge in [-0.25, -0.2) is 0 Å². The Morgan fingerprint density at radius 3 is 2.06 bits per heavy atom. The van der Waals surface area contributed by atoms with Crippen molar-refractivity contribution in [1.82, 2.24) is 4.90 Å². The van der Waals surface area contributed by atoms with Gasteiger partial charge in [-0.3, -0.25) is 4.79 Å². The average Bonchev–Trinajstić information content (AvgIpc) is 2.24. The van der Waals surface area contributed by atoms with Gasteiger partial charge in [0.05, 0.1) is 6.07 Å². The summed E-state index contributed by atoms with van der Waals surface area (Å²) < 4.78 is 0. The van der Waals surface area contributed by atoms with Crippen LogP contribution in [-0.2, 0) is 4.79 Å². The van der Waals surface area contributed by atoms with Crippen LogP contribution in [0.25, 0.3) is 0 Å². The van der Waals surface area contributed by atoms with E-state index in [0.29, 0.717) is 0 Å². The Bertz CT molecular complexity index is 237. The van der Waals surface area contributed by atoms with Gasteiger partial charge in [0.15, 0.2) is 0 Å². The van der Waals surface area contributed by atoms with Gasteiger partial charge in [-0.05, 0) is 26.7 Å². The molecule has 0 aromatic carbocycles. The lowest BCUT2D eigenvalue weighted by atomic mass is 9.96. The van der Waals surface area contributed by atoms with E-state index in [1.54, 1.807) is 4.90 Å². The zero-order valence-electron chi connectivity index (χ0n) is 11.0. The molecule has 92 valence electrons. The zero-order valence-corrected chi connectivity index (χ0v) is 11.0. The Morgan fingerprint density at radius 1 is 1.25 bits per heavy atom. The molecule has 0 saturated carbocycles. The van der Waals surface area contributed by atoms with E-state index < -0.39 is 0 Å². The molecule has 0 aliphatic heterocycles. The molecule has 0 heterocycles. The number of rotatable bonds is 7. The smallest absolute Gasteiger partial charge is 0.226 e. The van der Waals surface area contributed by atoms with Gasteiger partial charge in [-0.15, -0.1) is 0 Å². The Balaban J connectivity index is 4.59. The van der Waals surface area contributed by atoms with Crippen LogP contribution >= 0.6 is 0 Å². The van der Waals surface area contributed by atoms with Gasteiger partial charge in [0.25, 0.3) is 0 Å². The first-order chi connectivity index (χ1) is 7.58. The molecule has 3 heteroatoms. The van der Waals surface area contributed by atoms with E-state index in [0.717, 1.165) is 25.7 Å². The van der Waals surface area contributed by atoms with Crippen LogP contribution in [0.3, 0.4) is 0 Å². The van der Waals surface area contributed by atoms with E-state index in [-0.39, 0.29) is 24.4 Å². The van der Waals surface area contributed by atoms with Crippen molar-refractivity contribution in [2.24, 2.45) is 5.92 Å². The molecule has 16 heavy (non-hydrogen) atoms. The quantitative estimate of drug-likeness (QED) is 0.624. The number of hydrogen-bond acceptors (Lipinski definition) is 2. The van der Waals surface area contributed by atoms with Gasteiger partial charge in [0.1, 0.15) is 6.54 Å². The number of nitriles is 1. The lowest BCUT2D eigenvalue weighted by Gasteiger charge is -2.28. The van der Waals surface area contributed by atoms with Crippen LogP contribution in [0.1, 0.15) is 53.4 Å². The predicted molar refractivity (Wildman–Crippen MR) is 65.8 cm³/mol. The molecule has 0 unspecified atom stereocenters. The molecule has 0 aromatic heterocycles. The second-order valence-electron chi connectivity index (χ2n) is 4.49. The summed E-state index contributed by atoms with van der Waals surface area (Å²) in [5.74, 6) is 0.256. The maximum Gasteiger partial charge on any atom is 0.226 e. The van der Waals surface area contributed by atoms with Crippen molar-refractivity contribution in [2.45, 2.75) is 59.4 Å². The fourth-order valence-electron chi connectivity index (χ4n) is 1.91. The first-order valence-electron chi connectivity index (χ1n) is 6.25. The van der Waals surface area contributed by atoms with Crippen molar-refractivity contribution in [3.8, 4) is 6.07 Å². The van der Waals surface area contributed by atoms with Gasteiger partial charge >= 0.3 is 0 Å². The number of amides is 1. The van der Waals surface area contributed by atoms with Crippen LogP contribution in [-0.4, -0.2) is 23.4 Å². The maximum atomic E-state index is 12.2. The third-order valence-corrected chi connectivity index (χ3v) is 2.77. The highest BCUT2D eigenvalue weighted by Crippen LogP contribution is 2.18. The molecule has 0 radical (unpaired) electrons. The van der Waals surface area contributed by atoms with E-state index in [9.17, 15) is 4.79 Å². The standard InChI is InChI=1S/C13H24N2O/c1-5-7-12(8-6-2)13(16)15(10-9-14)11(3)4/h11-12H,5-8,10H2,1-4H3. The second kappa shape index (κ2) is 8.15. The predicted octanol–water partition coefficient (Wildman–Crippen LogP) is 2.96. The van der Waals surface area contributed by atoms with Gasteiger partial charge in [-0.1, -0.05) is 26.7 Å². The Hall–Kier alpha value is -1.04. The monoisotopic (exact) mass is 224 g/mol. The molecule has 0 atom stereocenters. The van der Waals surface area contributed by atoms with E-state index >= 15 is 0 Å². The van der Waals surface area contributed by atoms with Crippen LogP contribution in [0.2, 0.25) is 0 Å². The summed E-state index contributed by atoms with van der Waals surface area (Å²) in [6.07, 6.45) is 3.91. The topological polar surface area (TPSA) is 44.1 Å². The van der Waals surface area contributed by atoms with Crippen molar-refractivity contribution in [1.29, 1.82) is 5.26 Å². The number of carbonyl (C=O) groups excluding carboxylic acids is 1. The summed E-state index contributed by atoms with van der Waals surface area (Å²) in [6, 6.07) is 2.19. The summed E-state index contributed by atoms with van der Waals surface area (Å²) in [5.41, 5.74) is 0. The van der Waals surface area contributed by atoms with Crippen LogP contribution in [0.5, 0.6) is 0 Å². The van der Waals surface area contributed by atoms with Crippen LogP contribution < -0.4 is 0 Å². The number of nitrogens with zero attached hydrogens (tertiary/aromatic N) is 2. The minimum absolute atomic E-state index is 0.103. The molecular formula is C13H24N2O. The van der Waals surface area contributed by atoms with Crippen LogP contribution in [0.15, 0.2) is 0 Å². The highest BCUT2D eigenvalue weighted by atomic mass is 16.2. The minimum atomic E-state index is 0.103. The van der Waals surface area contributed by atoms with Gasteiger partial charge in [0, 0.05) is 12.0 Å². The average molecular weight is 224 g/mol. The molecule has 1 amide bonds. The third-order valence-electron chi connectivity index (χ3n) is 2.77. The fourth-order valence-corrected chi connectivity index (χ4v) is 1.91. The highest BCUT2D eigenvalue weighted by Gasteiger charge is 2.24. The zero-order chi connectivity index (χ0) is 12.6. The van der Waals surface area contributed by atoms with E-state index in [1.165, 1.54) is 0 Å². The van der Waals surface area contributed by atoms with E-state index in [2.05, 4.69) is 19.9 Å². The van der Waals surface area contributed by atoms with Crippen LogP contribution in [0, 0.1) is 17.2 Å². The van der Waals surface area contributed by atoms with E-state index in [1.807, 2.05) is 13.8 Å². The highest BCUT2D eigenvalue weighted by molar-refractivity contribution is 5.79. The summed E-state index contributed by atoms with van der Waals surface area (Å²) in [4.78, 5) is 13.9. The fraction of sp³-hybridized carbons (Fsp3) is 0.846. The molecule has 0 saturated heterocycles. The molecular weight excluding hydrogens is 200 g/mol. The Kier molecular flexibility index (Phi) is 7.62. The SMILES string of the molecule is CCCC(CCC)C(=O)N(CC#N)C(C)C. The number of hydrogen-bond donors (Lipinski definition) is 0. The molecule has 0 aromatic rings. The van der Waals surface area contributed by atoms with E-state index in [4.69, 9.17) is 5.26 Å². The van der Waals surface area contributed by atoms with Crippen LogP contribution in [0.4, 0.5) is 0 Å². The normalized spacial score (nSPS) is 10.6. The lowest BCUT2D eigenvalue weighted by Crippen LogP contribution is -2.41. The summed E-state index contributed by atoms with van der Waals surface area (Å²) in [7, 11) is 0. The molecule has 0 rings (SSSR count). The van der Waals surface area contributed by atoms with Crippen molar-refractivity contribution in [2.75, 3.05) is 6.54 Å². The lowest BCUT2D eigenvalue weighted by molar-refractivity contribution is -0.137. The van der Waals surface area contributed by atoms with Gasteiger partial charge in [-0.2, -0.15) is 5.26 Å². The number of carbonyl (C=O) groups is 1. The minimum Gasteiger partial charge on any atom is -0.327 e. The summed E-state index contributed by atoms with van der Waals surface area (Å²) in [5, 5.41) is 8.73. The van der Waals surface area contributed by atoms with Crippen molar-refractivity contribution >= 4 is 5.91 Å². The molecule has 0 N–H and O–H groups in total. The Labute approximate surface area is 99.4 Å². The second-order valence-corrected chi connectivity index (χ2v) is 4.49. The summed E-state index contributed by atoms with van der Waals surface area (Å²) >= 11 is 0. The maximum absolute atomic E-state index is 12.2. The van der Waals surface area contributed by atoms with Crippen molar-refractivity contribution in [3.63, 3.8) is 0 Å². The molecule has 0 bridgehead atoms. The molecule has 0 spiro atoms. The molecule has 0 fully saturated rings. The first-order valence-corrected chi connectivity index (χ1v) is 6.25. The molecule has 0 aliphatic rings. The summed E-state index contributed by atoms with van der Waals surface area (Å²) in [6.45, 7) is 8.33. The first kappa shape index (κ1) is 15.0. The largest absolute Gasteiger partial charge is 0.327 e. The van der Waals surface area contributed by atoms with Crippen molar-refractivity contribution < 1.29 is 4.79 Å². The molecule has 0 aliphatic carbocycles. The third kappa shape index (κ3) is 4.65. The van der Waals surface area contributed by atoms with Gasteiger partial charge < -0.3 is 4.90 Å². The van der Waals surface area contributed by atoms with Gasteiger partial charge in [0.2, 0.25) is 5.91 Å². The van der Waals surface area contributed by atoms with Crippen molar-refractivity contribution in [3.05, 3.63) is 0 Å². The Morgan fingerprint density at radius 2 is 1.75 bits per heavy atom.